The van der Waals surface area contributed by atoms with Crippen molar-refractivity contribution in [1.82, 2.24) is 25.6 Å². The van der Waals surface area contributed by atoms with Crippen LogP contribution < -0.4 is 15.4 Å². The van der Waals surface area contributed by atoms with Crippen LogP contribution in [0, 0.1) is 52.8 Å². The molecule has 1 aromatic heterocycles. The van der Waals surface area contributed by atoms with Crippen molar-refractivity contribution in [2.45, 2.75) is 110 Å². The maximum Gasteiger partial charge on any atom is 0.251 e. The molecule has 352 valence electrons. The zero-order chi connectivity index (χ0) is 48.4. The number of aryl methyl sites for hydroxylation is 1. The number of hydrogen-bond donors (Lipinski definition) is 3. The number of amides is 4. The van der Waals surface area contributed by atoms with E-state index in [4.69, 9.17) is 20.9 Å². The molecule has 2 saturated heterocycles. The van der Waals surface area contributed by atoms with Crippen LogP contribution in [0.3, 0.4) is 0 Å². The number of β-amino-alcohol motifs (C(OH)–C–C–N with tert-alkyl or cyclic N) is 1. The second-order valence-electron chi connectivity index (χ2n) is 19.6. The van der Waals surface area contributed by atoms with E-state index in [1.807, 2.05) is 55.1 Å². The van der Waals surface area contributed by atoms with E-state index in [1.54, 1.807) is 43.3 Å². The summed E-state index contributed by atoms with van der Waals surface area (Å²) < 4.78 is 12.7. The van der Waals surface area contributed by atoms with Gasteiger partial charge in [0.15, 0.2) is 0 Å². The number of nitriles is 1. The molecule has 13 nitrogen and oxygen atoms in total. The fraction of sp³-hybridized carbons (Fsp3) is 0.462. The number of rotatable bonds is 12. The standard InChI is InChI=1S/C52H58BrClN6O7/c1-30(2)45(43-24-31(3)58-67-43)48(65)60-29-38(61)25-42(60)47(64)56-41(34-14-17-37(53)18-15-34)27-44(62)59-22-20-33(21-23-59)9-8-32-10-12-35(13-11-32)46(63)57-49-51(4,5)50(52(49,6)7)66-39-19-16-36(28-55)40(54)26-39/h10-19,24,26,30,33,38,41-42,45,49-50,61H,20-23,25,27,29H2,1-7H3,(H,56,64)(H,57,63). The Morgan fingerprint density at radius 2 is 1.67 bits per heavy atom. The first-order valence-corrected chi connectivity index (χ1v) is 24.0. The molecule has 3 fully saturated rings. The molecule has 4 aromatic rings. The molecule has 67 heavy (non-hydrogen) atoms. The van der Waals surface area contributed by atoms with Gasteiger partial charge in [0.2, 0.25) is 17.7 Å². The number of piperidine rings is 1. The largest absolute Gasteiger partial charge is 0.489 e. The summed E-state index contributed by atoms with van der Waals surface area (Å²) in [5.41, 5.74) is 2.27. The fourth-order valence-corrected chi connectivity index (χ4v) is 10.7. The van der Waals surface area contributed by atoms with E-state index < -0.39 is 40.8 Å². The molecule has 3 heterocycles. The van der Waals surface area contributed by atoms with Crippen molar-refractivity contribution >= 4 is 51.2 Å². The Balaban J connectivity index is 0.930. The molecule has 15 heteroatoms. The topological polar surface area (TPSA) is 178 Å². The first-order valence-electron chi connectivity index (χ1n) is 22.8. The minimum Gasteiger partial charge on any atom is -0.489 e. The van der Waals surface area contributed by atoms with Crippen LogP contribution in [-0.4, -0.2) is 87.6 Å². The molecule has 3 aromatic carbocycles. The smallest absolute Gasteiger partial charge is 0.251 e. The molecule has 0 radical (unpaired) electrons. The van der Waals surface area contributed by atoms with Gasteiger partial charge in [0.25, 0.3) is 5.91 Å². The number of ether oxygens (including phenoxy) is 1. The Hall–Kier alpha value is -5.67. The highest BCUT2D eigenvalue weighted by molar-refractivity contribution is 9.10. The van der Waals surface area contributed by atoms with Gasteiger partial charge in [-0.25, -0.2) is 0 Å². The molecule has 0 bridgehead atoms. The van der Waals surface area contributed by atoms with E-state index in [0.717, 1.165) is 15.6 Å². The Labute approximate surface area is 406 Å². The van der Waals surface area contributed by atoms with Crippen LogP contribution >= 0.6 is 27.5 Å². The summed E-state index contributed by atoms with van der Waals surface area (Å²) >= 11 is 9.73. The highest BCUT2D eigenvalue weighted by Gasteiger charge is 2.64. The first-order chi connectivity index (χ1) is 31.8. The Kier molecular flexibility index (Phi) is 14.9. The number of halogens is 2. The number of benzene rings is 3. The zero-order valence-corrected chi connectivity index (χ0v) is 41.3. The molecule has 3 aliphatic rings. The number of aliphatic hydroxyl groups is 1. The molecule has 3 N–H and O–H groups in total. The molecular formula is C52H58BrClN6O7. The summed E-state index contributed by atoms with van der Waals surface area (Å²) in [6.45, 7) is 14.9. The predicted molar refractivity (Wildman–Crippen MR) is 257 cm³/mol. The Morgan fingerprint density at radius 3 is 2.27 bits per heavy atom. The van der Waals surface area contributed by atoms with Crippen LogP contribution in [-0.2, 0) is 14.4 Å². The van der Waals surface area contributed by atoms with Gasteiger partial charge in [0, 0.05) is 76.6 Å². The maximum atomic E-state index is 14.1. The van der Waals surface area contributed by atoms with Gasteiger partial charge in [0.05, 0.1) is 34.8 Å². The summed E-state index contributed by atoms with van der Waals surface area (Å²) in [6, 6.07) is 21.7. The highest BCUT2D eigenvalue weighted by atomic mass is 79.9. The van der Waals surface area contributed by atoms with Gasteiger partial charge in [-0.1, -0.05) is 98.2 Å². The number of nitrogens with one attached hydrogen (secondary N) is 2. The number of aliphatic hydroxyl groups excluding tert-OH is 1. The molecule has 4 atom stereocenters. The predicted octanol–water partition coefficient (Wildman–Crippen LogP) is 8.12. The zero-order valence-electron chi connectivity index (χ0n) is 38.9. The number of carbonyl (C=O) groups is 4. The van der Waals surface area contributed by atoms with Crippen LogP contribution in [0.5, 0.6) is 5.75 Å². The number of carbonyl (C=O) groups excluding carboxylic acids is 4. The molecule has 1 aliphatic carbocycles. The van der Waals surface area contributed by atoms with Crippen LogP contribution in [0.2, 0.25) is 5.02 Å². The van der Waals surface area contributed by atoms with Gasteiger partial charge in [0.1, 0.15) is 35.6 Å². The fourth-order valence-electron chi connectivity index (χ4n) is 10.2. The molecule has 1 saturated carbocycles. The van der Waals surface area contributed by atoms with Gasteiger partial charge < -0.3 is 34.8 Å². The van der Waals surface area contributed by atoms with Crippen molar-refractivity contribution in [3.8, 4) is 23.7 Å². The van der Waals surface area contributed by atoms with Gasteiger partial charge in [-0.15, -0.1) is 0 Å². The molecular weight excluding hydrogens is 936 g/mol. The van der Waals surface area contributed by atoms with E-state index in [0.29, 0.717) is 59.3 Å². The third-order valence-corrected chi connectivity index (χ3v) is 14.4. The van der Waals surface area contributed by atoms with E-state index in [9.17, 15) is 29.5 Å². The third kappa shape index (κ3) is 10.9. The maximum absolute atomic E-state index is 14.1. The molecule has 7 rings (SSSR count). The van der Waals surface area contributed by atoms with E-state index in [-0.39, 0.29) is 61.1 Å². The molecule has 2 aliphatic heterocycles. The lowest BCUT2D eigenvalue weighted by molar-refractivity contribution is -0.164. The van der Waals surface area contributed by atoms with Gasteiger partial charge in [-0.2, -0.15) is 5.26 Å². The number of hydrogen-bond acceptors (Lipinski definition) is 9. The SMILES string of the molecule is Cc1cc(C(C(=O)N2CC(O)CC2C(=O)NC(CC(=O)N2CCC(C#Cc3ccc(C(=O)NC4C(C)(C)C(Oc5ccc(C#N)c(Cl)c5)C4(C)C)cc3)CC2)c2ccc(Br)cc2)C(C)C)on1. The lowest BCUT2D eigenvalue weighted by atomic mass is 9.49. The third-order valence-electron chi connectivity index (χ3n) is 13.6. The minimum atomic E-state index is -0.937. The summed E-state index contributed by atoms with van der Waals surface area (Å²) in [5, 5.41) is 30.6. The summed E-state index contributed by atoms with van der Waals surface area (Å²) in [5.74, 6) is 5.79. The van der Waals surface area contributed by atoms with Crippen LogP contribution in [0.15, 0.2) is 81.8 Å². The normalized spacial score (nSPS) is 21.8. The van der Waals surface area contributed by atoms with Crippen molar-refractivity contribution < 1.29 is 33.5 Å². The second-order valence-corrected chi connectivity index (χ2v) is 20.9. The van der Waals surface area contributed by atoms with E-state index >= 15 is 0 Å². The summed E-state index contributed by atoms with van der Waals surface area (Å²) in [6.07, 6.45) is 0.345. The number of aromatic nitrogens is 1. The minimum absolute atomic E-state index is 0.00534. The molecule has 4 unspecified atom stereocenters. The first kappa shape index (κ1) is 49.2. The van der Waals surface area contributed by atoms with Crippen molar-refractivity contribution in [3.63, 3.8) is 0 Å². The quantitative estimate of drug-likeness (QED) is 0.118. The average Bonchev–Trinajstić information content (AvgIpc) is 3.91. The lowest BCUT2D eigenvalue weighted by Gasteiger charge is -2.63. The van der Waals surface area contributed by atoms with E-state index in [2.05, 4.69) is 77.3 Å². The average molecular weight is 994 g/mol. The van der Waals surface area contributed by atoms with Crippen LogP contribution in [0.1, 0.15) is 118 Å². The van der Waals surface area contributed by atoms with Gasteiger partial charge in [-0.05, 0) is 79.8 Å². The molecule has 0 spiro atoms. The van der Waals surface area contributed by atoms with Crippen molar-refractivity contribution in [1.29, 1.82) is 5.26 Å². The van der Waals surface area contributed by atoms with Crippen molar-refractivity contribution in [3.05, 3.63) is 116 Å². The lowest BCUT2D eigenvalue weighted by Crippen LogP contribution is -2.74. The highest BCUT2D eigenvalue weighted by Crippen LogP contribution is 2.55. The monoisotopic (exact) mass is 992 g/mol. The van der Waals surface area contributed by atoms with Crippen LogP contribution in [0.25, 0.3) is 0 Å². The second kappa shape index (κ2) is 20.3. The summed E-state index contributed by atoms with van der Waals surface area (Å²) in [7, 11) is 0. The van der Waals surface area contributed by atoms with E-state index in [1.165, 1.54) is 4.90 Å². The van der Waals surface area contributed by atoms with Crippen molar-refractivity contribution in [2.24, 2.45) is 22.7 Å². The van der Waals surface area contributed by atoms with Gasteiger partial charge in [-0.3, -0.25) is 19.2 Å². The number of nitrogens with zero attached hydrogens (tertiary/aromatic N) is 4. The van der Waals surface area contributed by atoms with Gasteiger partial charge >= 0.3 is 0 Å². The van der Waals surface area contributed by atoms with Crippen LogP contribution in [0.4, 0.5) is 0 Å². The Morgan fingerprint density at radius 1 is 1.00 bits per heavy atom. The Bertz CT molecular complexity index is 2570. The summed E-state index contributed by atoms with van der Waals surface area (Å²) in [4.78, 5) is 58.8. The van der Waals surface area contributed by atoms with Crippen molar-refractivity contribution in [2.75, 3.05) is 19.6 Å². The number of likely N-dealkylation sites (tertiary alicyclic amines) is 2. The molecule has 4 amide bonds.